The SMILES string of the molecule is C=CCC(C=C)(CC=C)NCC=Cc1ccccc1. The van der Waals surface area contributed by atoms with Gasteiger partial charge in [0.15, 0.2) is 0 Å². The van der Waals surface area contributed by atoms with E-state index in [1.165, 1.54) is 5.56 Å². The molecule has 0 aromatic heterocycles. The Morgan fingerprint density at radius 3 is 2.16 bits per heavy atom. The molecular formula is C18H23N. The van der Waals surface area contributed by atoms with Crippen molar-refractivity contribution < 1.29 is 0 Å². The molecule has 1 aromatic rings. The van der Waals surface area contributed by atoms with Crippen LogP contribution in [0.25, 0.3) is 6.08 Å². The van der Waals surface area contributed by atoms with Crippen LogP contribution < -0.4 is 5.32 Å². The summed E-state index contributed by atoms with van der Waals surface area (Å²) in [7, 11) is 0. The van der Waals surface area contributed by atoms with Crippen molar-refractivity contribution in [3.8, 4) is 0 Å². The Morgan fingerprint density at radius 1 is 1.00 bits per heavy atom. The molecule has 1 N–H and O–H groups in total. The summed E-state index contributed by atoms with van der Waals surface area (Å²) in [6, 6.07) is 10.3. The first-order valence-corrected chi connectivity index (χ1v) is 6.58. The van der Waals surface area contributed by atoms with E-state index in [1.54, 1.807) is 0 Å². The average molecular weight is 253 g/mol. The lowest BCUT2D eigenvalue weighted by molar-refractivity contribution is 0.430. The van der Waals surface area contributed by atoms with Crippen molar-refractivity contribution in [1.29, 1.82) is 0 Å². The maximum atomic E-state index is 3.93. The summed E-state index contributed by atoms with van der Waals surface area (Å²) in [6.45, 7) is 12.3. The highest BCUT2D eigenvalue weighted by molar-refractivity contribution is 5.48. The Balaban J connectivity index is 2.57. The van der Waals surface area contributed by atoms with Gasteiger partial charge in [0, 0.05) is 12.1 Å². The second kappa shape index (κ2) is 8.28. The van der Waals surface area contributed by atoms with Gasteiger partial charge in [-0.3, -0.25) is 0 Å². The van der Waals surface area contributed by atoms with Crippen LogP contribution in [0, 0.1) is 0 Å². The average Bonchev–Trinajstić information content (AvgIpc) is 2.45. The largest absolute Gasteiger partial charge is 0.304 e. The monoisotopic (exact) mass is 253 g/mol. The van der Waals surface area contributed by atoms with Crippen molar-refractivity contribution >= 4 is 6.08 Å². The summed E-state index contributed by atoms with van der Waals surface area (Å²) in [4.78, 5) is 0. The van der Waals surface area contributed by atoms with Crippen LogP contribution >= 0.6 is 0 Å². The van der Waals surface area contributed by atoms with Crippen LogP contribution in [-0.4, -0.2) is 12.1 Å². The fourth-order valence-corrected chi connectivity index (χ4v) is 2.00. The van der Waals surface area contributed by atoms with E-state index in [2.05, 4.69) is 49.3 Å². The molecule has 0 saturated heterocycles. The zero-order valence-corrected chi connectivity index (χ0v) is 11.5. The molecule has 0 saturated carbocycles. The van der Waals surface area contributed by atoms with Crippen LogP contribution in [0.15, 0.2) is 74.4 Å². The Bertz CT molecular complexity index is 418. The maximum absolute atomic E-state index is 3.93. The summed E-state index contributed by atoms with van der Waals surface area (Å²) in [6.07, 6.45) is 11.7. The quantitative estimate of drug-likeness (QED) is 0.644. The molecule has 0 heterocycles. The van der Waals surface area contributed by atoms with Crippen LogP contribution in [0.2, 0.25) is 0 Å². The van der Waals surface area contributed by atoms with Gasteiger partial charge in [0.25, 0.3) is 0 Å². The molecule has 1 aromatic carbocycles. The molecule has 1 heteroatoms. The molecule has 0 unspecified atom stereocenters. The Labute approximate surface area is 117 Å². The predicted molar refractivity (Wildman–Crippen MR) is 86.0 cm³/mol. The fraction of sp³-hybridized carbons (Fsp3) is 0.222. The first-order valence-electron chi connectivity index (χ1n) is 6.58. The van der Waals surface area contributed by atoms with Gasteiger partial charge >= 0.3 is 0 Å². The molecule has 0 aliphatic rings. The minimum Gasteiger partial charge on any atom is -0.304 e. The molecular weight excluding hydrogens is 230 g/mol. The van der Waals surface area contributed by atoms with Crippen molar-refractivity contribution in [1.82, 2.24) is 5.32 Å². The Kier molecular flexibility index (Phi) is 6.62. The molecule has 0 aliphatic heterocycles. The third-order valence-corrected chi connectivity index (χ3v) is 3.09. The van der Waals surface area contributed by atoms with E-state index in [-0.39, 0.29) is 5.54 Å². The number of rotatable bonds is 9. The molecule has 0 fully saturated rings. The molecule has 0 amide bonds. The molecule has 19 heavy (non-hydrogen) atoms. The summed E-state index contributed by atoms with van der Waals surface area (Å²) in [5, 5.41) is 3.51. The van der Waals surface area contributed by atoms with E-state index in [9.17, 15) is 0 Å². The van der Waals surface area contributed by atoms with Crippen LogP contribution in [0.4, 0.5) is 0 Å². The zero-order valence-electron chi connectivity index (χ0n) is 11.5. The molecule has 0 spiro atoms. The first kappa shape index (κ1) is 15.2. The van der Waals surface area contributed by atoms with Gasteiger partial charge in [-0.2, -0.15) is 0 Å². The minimum absolute atomic E-state index is 0.134. The highest BCUT2D eigenvalue weighted by Gasteiger charge is 2.21. The van der Waals surface area contributed by atoms with Gasteiger partial charge in [0.1, 0.15) is 0 Å². The topological polar surface area (TPSA) is 12.0 Å². The second-order valence-electron chi connectivity index (χ2n) is 4.54. The Morgan fingerprint density at radius 2 is 1.63 bits per heavy atom. The van der Waals surface area contributed by atoms with Crippen molar-refractivity contribution in [3.63, 3.8) is 0 Å². The van der Waals surface area contributed by atoms with Gasteiger partial charge < -0.3 is 5.32 Å². The lowest BCUT2D eigenvalue weighted by atomic mass is 9.91. The maximum Gasteiger partial charge on any atom is 0.0433 e. The second-order valence-corrected chi connectivity index (χ2v) is 4.54. The van der Waals surface area contributed by atoms with E-state index in [0.29, 0.717) is 0 Å². The van der Waals surface area contributed by atoms with Crippen molar-refractivity contribution in [2.75, 3.05) is 6.54 Å². The van der Waals surface area contributed by atoms with Crippen molar-refractivity contribution in [3.05, 3.63) is 79.9 Å². The van der Waals surface area contributed by atoms with E-state index >= 15 is 0 Å². The molecule has 0 radical (unpaired) electrons. The fourth-order valence-electron chi connectivity index (χ4n) is 2.00. The van der Waals surface area contributed by atoms with Gasteiger partial charge in [-0.25, -0.2) is 0 Å². The normalized spacial score (nSPS) is 11.4. The Hall–Kier alpha value is -1.86. The molecule has 100 valence electrons. The lowest BCUT2D eigenvalue weighted by Crippen LogP contribution is -2.42. The van der Waals surface area contributed by atoms with Crippen LogP contribution in [0.1, 0.15) is 18.4 Å². The summed E-state index contributed by atoms with van der Waals surface area (Å²) in [5.74, 6) is 0. The van der Waals surface area contributed by atoms with Gasteiger partial charge in [0.2, 0.25) is 0 Å². The number of hydrogen-bond acceptors (Lipinski definition) is 1. The van der Waals surface area contributed by atoms with Crippen LogP contribution in [0.5, 0.6) is 0 Å². The van der Waals surface area contributed by atoms with Crippen LogP contribution in [0.3, 0.4) is 0 Å². The highest BCUT2D eigenvalue weighted by atomic mass is 15.0. The first-order chi connectivity index (χ1) is 9.26. The van der Waals surface area contributed by atoms with E-state index < -0.39 is 0 Å². The number of nitrogens with one attached hydrogen (secondary N) is 1. The summed E-state index contributed by atoms with van der Waals surface area (Å²) in [5.41, 5.74) is 1.07. The lowest BCUT2D eigenvalue weighted by Gasteiger charge is -2.29. The molecule has 1 rings (SSSR count). The molecule has 0 bridgehead atoms. The summed E-state index contributed by atoms with van der Waals surface area (Å²) < 4.78 is 0. The van der Waals surface area contributed by atoms with Gasteiger partial charge in [-0.1, -0.05) is 60.7 Å². The van der Waals surface area contributed by atoms with Crippen LogP contribution in [-0.2, 0) is 0 Å². The van der Waals surface area contributed by atoms with E-state index in [0.717, 1.165) is 19.4 Å². The third kappa shape index (κ3) is 5.11. The van der Waals surface area contributed by atoms with E-state index in [1.807, 2.05) is 36.4 Å². The molecule has 0 aliphatic carbocycles. The van der Waals surface area contributed by atoms with Gasteiger partial charge in [-0.05, 0) is 18.4 Å². The van der Waals surface area contributed by atoms with Gasteiger partial charge in [-0.15, -0.1) is 19.7 Å². The number of benzene rings is 1. The number of hydrogen-bond donors (Lipinski definition) is 1. The highest BCUT2D eigenvalue weighted by Crippen LogP contribution is 2.18. The standard InChI is InChI=1S/C18H23N/c1-4-14-18(6-3,15-5-2)19-16-10-13-17-11-8-7-9-12-17/h4-13,19H,1-3,14-16H2. The van der Waals surface area contributed by atoms with Gasteiger partial charge in [0.05, 0.1) is 0 Å². The summed E-state index contributed by atoms with van der Waals surface area (Å²) >= 11 is 0. The minimum atomic E-state index is -0.134. The molecule has 1 nitrogen and oxygen atoms in total. The van der Waals surface area contributed by atoms with E-state index in [4.69, 9.17) is 0 Å². The zero-order chi connectivity index (χ0) is 14.0. The molecule has 0 atom stereocenters. The van der Waals surface area contributed by atoms with Crippen molar-refractivity contribution in [2.45, 2.75) is 18.4 Å². The third-order valence-electron chi connectivity index (χ3n) is 3.09. The smallest absolute Gasteiger partial charge is 0.0433 e. The van der Waals surface area contributed by atoms with Crippen molar-refractivity contribution in [2.24, 2.45) is 0 Å². The predicted octanol–water partition coefficient (Wildman–Crippen LogP) is 4.37.